The molecule has 3 nitrogen and oxygen atoms in total. The molecule has 0 unspecified atom stereocenters. The minimum Gasteiger partial charge on any atom is -0.354 e. The minimum absolute atomic E-state index is 0.105. The molecule has 1 aliphatic rings. The predicted molar refractivity (Wildman–Crippen MR) is 103 cm³/mol. The SMILES string of the molecule is O=c1c(C[NH+]2CCCCC2)c(-c2ccccc2)[nH]c2ccc(Cl)cc12. The summed E-state index contributed by atoms with van der Waals surface area (Å²) in [4.78, 5) is 18.2. The monoisotopic (exact) mass is 353 g/mol. The molecule has 1 saturated heterocycles. The molecule has 4 heteroatoms. The van der Waals surface area contributed by atoms with Crippen LogP contribution in [0.4, 0.5) is 0 Å². The summed E-state index contributed by atoms with van der Waals surface area (Å²) in [7, 11) is 0. The van der Waals surface area contributed by atoms with E-state index in [1.807, 2.05) is 30.3 Å². The van der Waals surface area contributed by atoms with Crippen molar-refractivity contribution in [3.05, 3.63) is 69.3 Å². The van der Waals surface area contributed by atoms with Gasteiger partial charge in [-0.3, -0.25) is 4.79 Å². The van der Waals surface area contributed by atoms with Crippen molar-refractivity contribution in [1.82, 2.24) is 4.98 Å². The number of H-pyrrole nitrogens is 1. The molecule has 0 saturated carbocycles. The molecule has 0 radical (unpaired) electrons. The Morgan fingerprint density at radius 2 is 1.76 bits per heavy atom. The Kier molecular flexibility index (Phi) is 4.60. The quantitative estimate of drug-likeness (QED) is 0.744. The zero-order chi connectivity index (χ0) is 17.2. The van der Waals surface area contributed by atoms with E-state index < -0.39 is 0 Å². The number of quaternary nitrogens is 1. The lowest BCUT2D eigenvalue weighted by Gasteiger charge is -2.24. The first kappa shape index (κ1) is 16.4. The Morgan fingerprint density at radius 3 is 2.52 bits per heavy atom. The summed E-state index contributed by atoms with van der Waals surface area (Å²) in [6, 6.07) is 15.6. The number of hydrogen-bond donors (Lipinski definition) is 2. The first-order valence-electron chi connectivity index (χ1n) is 8.96. The van der Waals surface area contributed by atoms with E-state index >= 15 is 0 Å². The van der Waals surface area contributed by atoms with Crippen LogP contribution in [0, 0.1) is 0 Å². The summed E-state index contributed by atoms with van der Waals surface area (Å²) in [6.07, 6.45) is 3.79. The highest BCUT2D eigenvalue weighted by atomic mass is 35.5. The maximum absolute atomic E-state index is 13.3. The van der Waals surface area contributed by atoms with Crippen LogP contribution >= 0.6 is 11.6 Å². The summed E-state index contributed by atoms with van der Waals surface area (Å²) in [6.45, 7) is 3.05. The molecule has 2 heterocycles. The molecule has 3 aromatic rings. The highest BCUT2D eigenvalue weighted by Crippen LogP contribution is 2.23. The van der Waals surface area contributed by atoms with Crippen molar-refractivity contribution in [3.8, 4) is 11.3 Å². The van der Waals surface area contributed by atoms with Gasteiger partial charge in [-0.25, -0.2) is 0 Å². The van der Waals surface area contributed by atoms with Crippen molar-refractivity contribution in [3.63, 3.8) is 0 Å². The number of halogens is 1. The van der Waals surface area contributed by atoms with Crippen LogP contribution in [0.2, 0.25) is 5.02 Å². The number of hydrogen-bond acceptors (Lipinski definition) is 1. The third kappa shape index (κ3) is 3.35. The number of pyridine rings is 1. The fraction of sp³-hybridized carbons (Fsp3) is 0.286. The summed E-state index contributed by atoms with van der Waals surface area (Å²) < 4.78 is 0. The molecule has 0 amide bonds. The molecule has 25 heavy (non-hydrogen) atoms. The second-order valence-corrected chi connectivity index (χ2v) is 7.29. The van der Waals surface area contributed by atoms with Crippen molar-refractivity contribution in [2.24, 2.45) is 0 Å². The van der Waals surface area contributed by atoms with Gasteiger partial charge in [0.15, 0.2) is 5.43 Å². The van der Waals surface area contributed by atoms with E-state index in [2.05, 4.69) is 17.1 Å². The number of likely N-dealkylation sites (tertiary alicyclic amines) is 1. The molecule has 1 aliphatic heterocycles. The fourth-order valence-electron chi connectivity index (χ4n) is 3.80. The van der Waals surface area contributed by atoms with E-state index in [0.29, 0.717) is 10.4 Å². The largest absolute Gasteiger partial charge is 0.354 e. The van der Waals surface area contributed by atoms with E-state index in [1.165, 1.54) is 24.2 Å². The van der Waals surface area contributed by atoms with Gasteiger partial charge in [0.2, 0.25) is 0 Å². The van der Waals surface area contributed by atoms with Crippen LogP contribution in [0.5, 0.6) is 0 Å². The van der Waals surface area contributed by atoms with Gasteiger partial charge in [-0.2, -0.15) is 0 Å². The van der Waals surface area contributed by atoms with Gasteiger partial charge in [-0.15, -0.1) is 0 Å². The highest BCUT2D eigenvalue weighted by Gasteiger charge is 2.21. The molecule has 128 valence electrons. The van der Waals surface area contributed by atoms with Crippen LogP contribution < -0.4 is 10.3 Å². The van der Waals surface area contributed by atoms with Crippen LogP contribution in [0.15, 0.2) is 53.3 Å². The predicted octanol–water partition coefficient (Wildman–Crippen LogP) is 3.42. The molecule has 1 fully saturated rings. The van der Waals surface area contributed by atoms with Crippen molar-refractivity contribution < 1.29 is 4.90 Å². The standard InChI is InChI=1S/C21H21ClN2O/c22-16-9-10-19-17(13-16)21(25)18(14-24-11-5-2-6-12-24)20(23-19)15-7-3-1-4-8-15/h1,3-4,7-10,13H,2,5-6,11-12,14H2,(H,23,25)/p+1. The minimum atomic E-state index is 0.105. The lowest BCUT2D eigenvalue weighted by molar-refractivity contribution is -0.918. The van der Waals surface area contributed by atoms with E-state index in [9.17, 15) is 4.79 Å². The van der Waals surface area contributed by atoms with Crippen molar-refractivity contribution in [2.45, 2.75) is 25.8 Å². The smallest absolute Gasteiger partial charge is 0.198 e. The molecule has 0 spiro atoms. The van der Waals surface area contributed by atoms with Gasteiger partial charge in [-0.1, -0.05) is 41.9 Å². The third-order valence-electron chi connectivity index (χ3n) is 5.11. The van der Waals surface area contributed by atoms with Gasteiger partial charge in [0.25, 0.3) is 0 Å². The number of piperidine rings is 1. The van der Waals surface area contributed by atoms with Gasteiger partial charge >= 0.3 is 0 Å². The number of aromatic amines is 1. The Morgan fingerprint density at radius 1 is 1.00 bits per heavy atom. The van der Waals surface area contributed by atoms with E-state index in [4.69, 9.17) is 11.6 Å². The molecule has 0 bridgehead atoms. The molecule has 2 N–H and O–H groups in total. The average Bonchev–Trinajstić information content (AvgIpc) is 2.66. The Hall–Kier alpha value is -2.10. The lowest BCUT2D eigenvalue weighted by atomic mass is 10.0. The number of rotatable bonds is 3. The summed E-state index contributed by atoms with van der Waals surface area (Å²) in [5.74, 6) is 0. The van der Waals surface area contributed by atoms with Gasteiger partial charge in [0, 0.05) is 15.9 Å². The summed E-state index contributed by atoms with van der Waals surface area (Å²) in [5, 5.41) is 1.28. The van der Waals surface area contributed by atoms with E-state index in [0.717, 1.165) is 42.0 Å². The summed E-state index contributed by atoms with van der Waals surface area (Å²) >= 11 is 6.13. The number of benzene rings is 2. The number of aromatic nitrogens is 1. The topological polar surface area (TPSA) is 37.3 Å². The molecule has 4 rings (SSSR count). The van der Waals surface area contributed by atoms with Crippen LogP contribution in [0.25, 0.3) is 22.2 Å². The number of nitrogens with one attached hydrogen (secondary N) is 2. The van der Waals surface area contributed by atoms with E-state index in [1.54, 1.807) is 6.07 Å². The number of fused-ring (bicyclic) bond motifs is 1. The highest BCUT2D eigenvalue weighted by molar-refractivity contribution is 6.31. The molecular formula is C21H22ClN2O+. The van der Waals surface area contributed by atoms with Gasteiger partial charge in [0.05, 0.1) is 24.3 Å². The molecule has 0 aliphatic carbocycles. The van der Waals surface area contributed by atoms with Gasteiger partial charge in [-0.05, 0) is 43.0 Å². The van der Waals surface area contributed by atoms with Crippen molar-refractivity contribution >= 4 is 22.5 Å². The Labute approximate surface area is 152 Å². The zero-order valence-corrected chi connectivity index (χ0v) is 14.9. The maximum atomic E-state index is 13.3. The molecule has 1 aromatic heterocycles. The molecular weight excluding hydrogens is 332 g/mol. The Balaban J connectivity index is 1.89. The zero-order valence-electron chi connectivity index (χ0n) is 14.1. The second-order valence-electron chi connectivity index (χ2n) is 6.85. The van der Waals surface area contributed by atoms with Crippen LogP contribution in [-0.2, 0) is 6.54 Å². The van der Waals surface area contributed by atoms with Crippen molar-refractivity contribution in [1.29, 1.82) is 0 Å². The van der Waals surface area contributed by atoms with Gasteiger partial charge in [0.1, 0.15) is 6.54 Å². The third-order valence-corrected chi connectivity index (χ3v) is 5.35. The second kappa shape index (κ2) is 7.03. The Bertz CT molecular complexity index is 943. The molecule has 0 atom stereocenters. The van der Waals surface area contributed by atoms with E-state index in [-0.39, 0.29) is 5.43 Å². The summed E-state index contributed by atoms with van der Waals surface area (Å²) in [5.41, 5.74) is 3.82. The van der Waals surface area contributed by atoms with Crippen molar-refractivity contribution in [2.75, 3.05) is 13.1 Å². The lowest BCUT2D eigenvalue weighted by Crippen LogP contribution is -3.11. The maximum Gasteiger partial charge on any atom is 0.198 e. The van der Waals surface area contributed by atoms with Crippen LogP contribution in [0.1, 0.15) is 24.8 Å². The fourth-order valence-corrected chi connectivity index (χ4v) is 3.97. The van der Waals surface area contributed by atoms with Gasteiger partial charge < -0.3 is 9.88 Å². The first-order chi connectivity index (χ1) is 12.2. The average molecular weight is 354 g/mol. The molecule has 2 aromatic carbocycles. The normalized spacial score (nSPS) is 15.6. The first-order valence-corrected chi connectivity index (χ1v) is 9.33. The van der Waals surface area contributed by atoms with Crippen LogP contribution in [-0.4, -0.2) is 18.1 Å². The van der Waals surface area contributed by atoms with Crippen LogP contribution in [0.3, 0.4) is 0 Å².